The van der Waals surface area contributed by atoms with Crippen LogP contribution in [0.4, 0.5) is 0 Å². The van der Waals surface area contributed by atoms with E-state index in [1.165, 1.54) is 0 Å². The molecule has 4 heteroatoms. The molecule has 0 atom stereocenters. The molecule has 1 aromatic carbocycles. The van der Waals surface area contributed by atoms with Crippen LogP contribution in [0.3, 0.4) is 0 Å². The highest BCUT2D eigenvalue weighted by Gasteiger charge is 2.12. The molecule has 0 N–H and O–H groups in total. The molecule has 3 nitrogen and oxygen atoms in total. The third-order valence-corrected chi connectivity index (χ3v) is 3.51. The zero-order valence-corrected chi connectivity index (χ0v) is 11.9. The number of carbonyl (C=O) groups excluding carboxylic acids is 1. The van der Waals surface area contributed by atoms with Crippen LogP contribution in [0.2, 0.25) is 0 Å². The summed E-state index contributed by atoms with van der Waals surface area (Å²) in [6.07, 6.45) is 1.70. The van der Waals surface area contributed by atoms with Crippen molar-refractivity contribution in [1.82, 2.24) is 4.90 Å². The Balaban J connectivity index is 2.06. The molecule has 18 heavy (non-hydrogen) atoms. The highest BCUT2D eigenvalue weighted by molar-refractivity contribution is 9.10. The van der Waals surface area contributed by atoms with Crippen molar-refractivity contribution in [3.63, 3.8) is 0 Å². The summed E-state index contributed by atoms with van der Waals surface area (Å²) in [5.41, 5.74) is 1.72. The Morgan fingerprint density at radius 1 is 1.28 bits per heavy atom. The van der Waals surface area contributed by atoms with Gasteiger partial charge in [-0.3, -0.25) is 4.79 Å². The normalized spacial score (nSPS) is 16.8. The van der Waals surface area contributed by atoms with Crippen molar-refractivity contribution in [3.05, 3.63) is 46.1 Å². The largest absolute Gasteiger partial charge is 0.378 e. The van der Waals surface area contributed by atoms with Crippen LogP contribution >= 0.6 is 15.9 Å². The number of hydrogen-bond acceptors (Lipinski definition) is 3. The Hall–Kier alpha value is -1.13. The van der Waals surface area contributed by atoms with E-state index in [0.717, 1.165) is 36.5 Å². The Labute approximate surface area is 116 Å². The molecule has 1 fully saturated rings. The van der Waals surface area contributed by atoms with E-state index >= 15 is 0 Å². The second-order valence-electron chi connectivity index (χ2n) is 4.26. The minimum absolute atomic E-state index is 0.0477. The van der Waals surface area contributed by atoms with Crippen LogP contribution in [0.25, 0.3) is 0 Å². The summed E-state index contributed by atoms with van der Waals surface area (Å²) in [6.45, 7) is 5.16. The lowest BCUT2D eigenvalue weighted by molar-refractivity contribution is 0.0534. The first-order chi connectivity index (χ1) is 8.66. The van der Waals surface area contributed by atoms with Gasteiger partial charge in [-0.15, -0.1) is 0 Å². The van der Waals surface area contributed by atoms with Crippen molar-refractivity contribution in [2.75, 3.05) is 26.3 Å². The molecule has 0 amide bonds. The Morgan fingerprint density at radius 2 is 1.89 bits per heavy atom. The predicted octanol–water partition coefficient (Wildman–Crippen LogP) is 2.87. The number of allylic oxidation sites excluding steroid dienone is 2. The molecular formula is C14H16BrNO2. The molecule has 1 aliphatic heterocycles. The maximum Gasteiger partial charge on any atom is 0.187 e. The Morgan fingerprint density at radius 3 is 2.50 bits per heavy atom. The van der Waals surface area contributed by atoms with Gasteiger partial charge in [0.2, 0.25) is 0 Å². The number of carbonyl (C=O) groups is 1. The summed E-state index contributed by atoms with van der Waals surface area (Å²) in [7, 11) is 0. The molecule has 0 spiro atoms. The number of nitrogens with zero attached hydrogens (tertiary/aromatic N) is 1. The van der Waals surface area contributed by atoms with Crippen molar-refractivity contribution in [2.45, 2.75) is 6.92 Å². The molecule has 0 aromatic heterocycles. The first kappa shape index (κ1) is 13.3. The summed E-state index contributed by atoms with van der Waals surface area (Å²) >= 11 is 3.36. The summed E-state index contributed by atoms with van der Waals surface area (Å²) < 4.78 is 6.27. The lowest BCUT2D eigenvalue weighted by Crippen LogP contribution is -2.35. The minimum Gasteiger partial charge on any atom is -0.378 e. The average Bonchev–Trinajstić information content (AvgIpc) is 2.40. The molecule has 0 unspecified atom stereocenters. The van der Waals surface area contributed by atoms with E-state index in [9.17, 15) is 4.79 Å². The van der Waals surface area contributed by atoms with Crippen LogP contribution in [0, 0.1) is 0 Å². The Bertz CT molecular complexity index is 447. The van der Waals surface area contributed by atoms with E-state index in [0.29, 0.717) is 5.56 Å². The van der Waals surface area contributed by atoms with Gasteiger partial charge in [-0.25, -0.2) is 0 Å². The molecule has 0 bridgehead atoms. The van der Waals surface area contributed by atoms with E-state index < -0.39 is 0 Å². The summed E-state index contributed by atoms with van der Waals surface area (Å²) in [6, 6.07) is 7.42. The van der Waals surface area contributed by atoms with Crippen molar-refractivity contribution in [2.24, 2.45) is 0 Å². The zero-order valence-electron chi connectivity index (χ0n) is 10.4. The highest BCUT2D eigenvalue weighted by Crippen LogP contribution is 2.13. The van der Waals surface area contributed by atoms with E-state index in [1.54, 1.807) is 6.08 Å². The van der Waals surface area contributed by atoms with Gasteiger partial charge < -0.3 is 9.64 Å². The lowest BCUT2D eigenvalue weighted by atomic mass is 10.1. The fourth-order valence-electron chi connectivity index (χ4n) is 1.89. The average molecular weight is 310 g/mol. The Kier molecular flexibility index (Phi) is 4.55. The van der Waals surface area contributed by atoms with Gasteiger partial charge in [-0.1, -0.05) is 15.9 Å². The maximum atomic E-state index is 12.1. The molecule has 1 saturated heterocycles. The number of hydrogen-bond donors (Lipinski definition) is 0. The van der Waals surface area contributed by atoms with Crippen LogP contribution < -0.4 is 0 Å². The van der Waals surface area contributed by atoms with Crippen molar-refractivity contribution < 1.29 is 9.53 Å². The van der Waals surface area contributed by atoms with Crippen LogP contribution in [0.1, 0.15) is 17.3 Å². The lowest BCUT2D eigenvalue weighted by Gasteiger charge is -2.29. The quantitative estimate of drug-likeness (QED) is 0.635. The van der Waals surface area contributed by atoms with E-state index in [1.807, 2.05) is 31.2 Å². The zero-order chi connectivity index (χ0) is 13.0. The van der Waals surface area contributed by atoms with Crippen molar-refractivity contribution >= 4 is 21.7 Å². The number of ether oxygens (including phenoxy) is 1. The molecule has 0 aliphatic carbocycles. The van der Waals surface area contributed by atoms with Gasteiger partial charge in [0, 0.05) is 34.9 Å². The van der Waals surface area contributed by atoms with Crippen molar-refractivity contribution in [3.8, 4) is 0 Å². The van der Waals surface area contributed by atoms with Gasteiger partial charge in [0.15, 0.2) is 5.78 Å². The standard InChI is InChI=1S/C14H16BrNO2/c1-11(16-6-8-18-9-7-16)10-14(17)12-2-4-13(15)5-3-12/h2-5,10H,6-9H2,1H3. The topological polar surface area (TPSA) is 29.5 Å². The number of halogens is 1. The van der Waals surface area contributed by atoms with Gasteiger partial charge in [0.05, 0.1) is 13.2 Å². The van der Waals surface area contributed by atoms with E-state index in [4.69, 9.17) is 4.74 Å². The second kappa shape index (κ2) is 6.16. The van der Waals surface area contributed by atoms with Crippen LogP contribution in [0.5, 0.6) is 0 Å². The summed E-state index contributed by atoms with van der Waals surface area (Å²) in [5, 5.41) is 0. The van der Waals surface area contributed by atoms with Gasteiger partial charge in [-0.2, -0.15) is 0 Å². The first-order valence-corrected chi connectivity index (χ1v) is 6.77. The smallest absolute Gasteiger partial charge is 0.187 e. The predicted molar refractivity (Wildman–Crippen MR) is 74.6 cm³/mol. The SMILES string of the molecule is CC(=CC(=O)c1ccc(Br)cc1)N1CCOCC1. The molecule has 2 rings (SSSR count). The van der Waals surface area contributed by atoms with Gasteiger partial charge in [0.1, 0.15) is 0 Å². The maximum absolute atomic E-state index is 12.1. The molecule has 0 saturated carbocycles. The van der Waals surface area contributed by atoms with Gasteiger partial charge in [0.25, 0.3) is 0 Å². The van der Waals surface area contributed by atoms with Gasteiger partial charge in [-0.05, 0) is 31.2 Å². The summed E-state index contributed by atoms with van der Waals surface area (Å²) in [5.74, 6) is 0.0477. The summed E-state index contributed by atoms with van der Waals surface area (Å²) in [4.78, 5) is 14.2. The third-order valence-electron chi connectivity index (χ3n) is 2.98. The minimum atomic E-state index is 0.0477. The molecule has 1 heterocycles. The molecular weight excluding hydrogens is 294 g/mol. The number of benzene rings is 1. The molecule has 96 valence electrons. The number of ketones is 1. The van der Waals surface area contributed by atoms with E-state index in [2.05, 4.69) is 20.8 Å². The van der Waals surface area contributed by atoms with Crippen LogP contribution in [-0.2, 0) is 4.74 Å². The third kappa shape index (κ3) is 3.43. The molecule has 1 aliphatic rings. The van der Waals surface area contributed by atoms with Crippen molar-refractivity contribution in [1.29, 1.82) is 0 Å². The second-order valence-corrected chi connectivity index (χ2v) is 5.17. The van der Waals surface area contributed by atoms with Gasteiger partial charge >= 0.3 is 0 Å². The number of rotatable bonds is 3. The van der Waals surface area contributed by atoms with Crippen LogP contribution in [-0.4, -0.2) is 37.0 Å². The number of morpholine rings is 1. The molecule has 1 aromatic rings. The highest BCUT2D eigenvalue weighted by atomic mass is 79.9. The van der Waals surface area contributed by atoms with Crippen LogP contribution in [0.15, 0.2) is 40.5 Å². The molecule has 0 radical (unpaired) electrons. The fraction of sp³-hybridized carbons (Fsp3) is 0.357. The first-order valence-electron chi connectivity index (χ1n) is 5.98. The monoisotopic (exact) mass is 309 g/mol. The fourth-order valence-corrected chi connectivity index (χ4v) is 2.16. The van der Waals surface area contributed by atoms with E-state index in [-0.39, 0.29) is 5.78 Å².